The van der Waals surface area contributed by atoms with E-state index in [1.54, 1.807) is 46.1 Å². The van der Waals surface area contributed by atoms with Crippen molar-refractivity contribution < 1.29 is 4.79 Å². The average molecular weight is 398 g/mol. The number of nitrogens with zero attached hydrogens (tertiary/aromatic N) is 4. The van der Waals surface area contributed by atoms with E-state index in [1.807, 2.05) is 17.5 Å². The molecule has 0 aliphatic heterocycles. The Morgan fingerprint density at radius 2 is 2.14 bits per heavy atom. The Kier molecular flexibility index (Phi) is 5.38. The van der Waals surface area contributed by atoms with Crippen LogP contribution in [0.3, 0.4) is 0 Å². The molecule has 0 aromatic carbocycles. The standard InChI is InChI=1S/C20H23N5O2S/c1-24-17(11-16(23-24)18-7-4-10-28-18)20(27)21-8-9-25-13-22-15(12-19(25)26)14-5-2-3-6-14/h4,7,10-14H,2-3,5-6,8-9H2,1H3,(H,21,27). The van der Waals surface area contributed by atoms with Gasteiger partial charge in [-0.3, -0.25) is 18.8 Å². The third kappa shape index (κ3) is 3.91. The minimum atomic E-state index is -0.207. The first kappa shape index (κ1) is 18.6. The molecule has 0 saturated heterocycles. The van der Waals surface area contributed by atoms with E-state index < -0.39 is 0 Å². The van der Waals surface area contributed by atoms with E-state index in [2.05, 4.69) is 15.4 Å². The van der Waals surface area contributed by atoms with Gasteiger partial charge in [-0.1, -0.05) is 18.9 Å². The van der Waals surface area contributed by atoms with Gasteiger partial charge in [-0.2, -0.15) is 5.10 Å². The number of hydrogen-bond acceptors (Lipinski definition) is 5. The van der Waals surface area contributed by atoms with Crippen molar-refractivity contribution in [3.05, 3.63) is 57.7 Å². The minimum absolute atomic E-state index is 0.0633. The number of thiophene rings is 1. The molecule has 1 aliphatic rings. The van der Waals surface area contributed by atoms with E-state index in [1.165, 1.54) is 12.8 Å². The second-order valence-corrected chi connectivity index (χ2v) is 8.05. The summed E-state index contributed by atoms with van der Waals surface area (Å²) in [5.41, 5.74) is 2.11. The summed E-state index contributed by atoms with van der Waals surface area (Å²) in [6.07, 6.45) is 6.25. The number of aryl methyl sites for hydroxylation is 1. The summed E-state index contributed by atoms with van der Waals surface area (Å²) in [5.74, 6) is 0.214. The maximum absolute atomic E-state index is 12.5. The Balaban J connectivity index is 1.36. The summed E-state index contributed by atoms with van der Waals surface area (Å²) in [6, 6.07) is 7.36. The van der Waals surface area contributed by atoms with Crippen LogP contribution in [0, 0.1) is 0 Å². The highest BCUT2D eigenvalue weighted by Gasteiger charge is 2.19. The van der Waals surface area contributed by atoms with Gasteiger partial charge in [0, 0.05) is 32.1 Å². The summed E-state index contributed by atoms with van der Waals surface area (Å²) in [4.78, 5) is 30.3. The van der Waals surface area contributed by atoms with Crippen molar-refractivity contribution >= 4 is 17.2 Å². The van der Waals surface area contributed by atoms with Crippen molar-refractivity contribution in [2.45, 2.75) is 38.1 Å². The SMILES string of the molecule is Cn1nc(-c2cccs2)cc1C(=O)NCCn1cnc(C2CCCC2)cc1=O. The lowest BCUT2D eigenvalue weighted by molar-refractivity contribution is 0.0942. The van der Waals surface area contributed by atoms with Crippen molar-refractivity contribution in [2.24, 2.45) is 7.05 Å². The molecule has 8 heteroatoms. The number of carbonyl (C=O) groups is 1. The molecule has 1 aliphatic carbocycles. The largest absolute Gasteiger partial charge is 0.349 e. The highest BCUT2D eigenvalue weighted by molar-refractivity contribution is 7.13. The lowest BCUT2D eigenvalue weighted by Gasteiger charge is -2.11. The zero-order valence-electron chi connectivity index (χ0n) is 15.8. The topological polar surface area (TPSA) is 81.8 Å². The number of hydrogen-bond donors (Lipinski definition) is 1. The highest BCUT2D eigenvalue weighted by Crippen LogP contribution is 2.32. The Morgan fingerprint density at radius 3 is 2.86 bits per heavy atom. The minimum Gasteiger partial charge on any atom is -0.349 e. The fraction of sp³-hybridized carbons (Fsp3) is 0.400. The van der Waals surface area contributed by atoms with Crippen LogP contribution in [0.15, 0.2) is 40.8 Å². The van der Waals surface area contributed by atoms with Crippen molar-refractivity contribution in [3.8, 4) is 10.6 Å². The molecule has 0 unspecified atom stereocenters. The molecule has 0 atom stereocenters. The van der Waals surface area contributed by atoms with Crippen LogP contribution < -0.4 is 10.9 Å². The van der Waals surface area contributed by atoms with Crippen LogP contribution in [0.25, 0.3) is 10.6 Å². The normalized spacial score (nSPS) is 14.5. The quantitative estimate of drug-likeness (QED) is 0.693. The first-order valence-corrected chi connectivity index (χ1v) is 10.4. The molecule has 1 fully saturated rings. The van der Waals surface area contributed by atoms with Crippen molar-refractivity contribution in [1.29, 1.82) is 0 Å². The van der Waals surface area contributed by atoms with E-state index in [0.717, 1.165) is 29.1 Å². The van der Waals surface area contributed by atoms with Gasteiger partial charge in [0.15, 0.2) is 0 Å². The van der Waals surface area contributed by atoms with Crippen molar-refractivity contribution in [3.63, 3.8) is 0 Å². The fourth-order valence-electron chi connectivity index (χ4n) is 3.66. The van der Waals surface area contributed by atoms with Crippen molar-refractivity contribution in [2.75, 3.05) is 6.54 Å². The number of nitrogens with one attached hydrogen (secondary N) is 1. The molecule has 3 heterocycles. The number of rotatable bonds is 6. The molecule has 0 spiro atoms. The van der Waals surface area contributed by atoms with Crippen LogP contribution in [-0.2, 0) is 13.6 Å². The Labute approximate surface area is 167 Å². The predicted molar refractivity (Wildman–Crippen MR) is 109 cm³/mol. The summed E-state index contributed by atoms with van der Waals surface area (Å²) in [6.45, 7) is 0.737. The molecule has 3 aromatic heterocycles. The number of aromatic nitrogens is 4. The Hall–Kier alpha value is -2.74. The van der Waals surface area contributed by atoms with Crippen LogP contribution in [0.2, 0.25) is 0 Å². The Morgan fingerprint density at radius 1 is 1.32 bits per heavy atom. The van der Waals surface area contributed by atoms with E-state index in [-0.39, 0.29) is 11.5 Å². The summed E-state index contributed by atoms with van der Waals surface area (Å²) < 4.78 is 3.12. The van der Waals surface area contributed by atoms with Gasteiger partial charge < -0.3 is 5.32 Å². The molecule has 7 nitrogen and oxygen atoms in total. The zero-order chi connectivity index (χ0) is 19.5. The molecular formula is C20H23N5O2S. The van der Waals surface area contributed by atoms with Crippen LogP contribution in [0.1, 0.15) is 47.8 Å². The average Bonchev–Trinajstić information content (AvgIpc) is 3.44. The van der Waals surface area contributed by atoms with Crippen LogP contribution in [0.5, 0.6) is 0 Å². The molecule has 3 aromatic rings. The van der Waals surface area contributed by atoms with E-state index in [9.17, 15) is 9.59 Å². The molecule has 0 radical (unpaired) electrons. The highest BCUT2D eigenvalue weighted by atomic mass is 32.1. The summed E-state index contributed by atoms with van der Waals surface area (Å²) >= 11 is 1.58. The lowest BCUT2D eigenvalue weighted by atomic mass is 10.0. The number of amides is 1. The molecule has 28 heavy (non-hydrogen) atoms. The second-order valence-electron chi connectivity index (χ2n) is 7.10. The van der Waals surface area contributed by atoms with Gasteiger partial charge in [0.25, 0.3) is 11.5 Å². The van der Waals surface area contributed by atoms with Gasteiger partial charge in [0.05, 0.1) is 16.9 Å². The van der Waals surface area contributed by atoms with Gasteiger partial charge in [0.1, 0.15) is 11.4 Å². The predicted octanol–water partition coefficient (Wildman–Crippen LogP) is 2.79. The first-order chi connectivity index (χ1) is 13.6. The van der Waals surface area contributed by atoms with Crippen molar-refractivity contribution in [1.82, 2.24) is 24.6 Å². The molecule has 4 rings (SSSR count). The molecule has 1 N–H and O–H groups in total. The monoisotopic (exact) mass is 397 g/mol. The maximum atomic E-state index is 12.5. The molecule has 1 amide bonds. The van der Waals surface area contributed by atoms with E-state index in [0.29, 0.717) is 24.7 Å². The van der Waals surface area contributed by atoms with E-state index >= 15 is 0 Å². The van der Waals surface area contributed by atoms with Gasteiger partial charge >= 0.3 is 0 Å². The molecule has 1 saturated carbocycles. The van der Waals surface area contributed by atoms with Gasteiger partial charge in [-0.05, 0) is 30.4 Å². The van der Waals surface area contributed by atoms with Crippen LogP contribution in [-0.4, -0.2) is 31.8 Å². The maximum Gasteiger partial charge on any atom is 0.269 e. The molecular weight excluding hydrogens is 374 g/mol. The molecule has 0 bridgehead atoms. The van der Waals surface area contributed by atoms with Gasteiger partial charge in [-0.25, -0.2) is 4.98 Å². The van der Waals surface area contributed by atoms with E-state index in [4.69, 9.17) is 0 Å². The zero-order valence-corrected chi connectivity index (χ0v) is 16.6. The third-order valence-corrected chi connectivity index (χ3v) is 6.09. The summed E-state index contributed by atoms with van der Waals surface area (Å²) in [5, 5.41) is 9.24. The van der Waals surface area contributed by atoms with Gasteiger partial charge in [0.2, 0.25) is 0 Å². The smallest absolute Gasteiger partial charge is 0.269 e. The van der Waals surface area contributed by atoms with Crippen LogP contribution >= 0.6 is 11.3 Å². The second kappa shape index (κ2) is 8.10. The fourth-order valence-corrected chi connectivity index (χ4v) is 4.34. The Bertz CT molecular complexity index is 1020. The molecule has 146 valence electrons. The number of carbonyl (C=O) groups excluding carboxylic acids is 1. The van der Waals surface area contributed by atoms with Gasteiger partial charge in [-0.15, -0.1) is 11.3 Å². The van der Waals surface area contributed by atoms with Crippen LogP contribution in [0.4, 0.5) is 0 Å². The summed E-state index contributed by atoms with van der Waals surface area (Å²) in [7, 11) is 1.75. The first-order valence-electron chi connectivity index (χ1n) is 9.54. The lowest BCUT2D eigenvalue weighted by Crippen LogP contribution is -2.32. The third-order valence-electron chi connectivity index (χ3n) is 5.20.